The molecule has 114 heavy (non-hydrogen) atoms. The molecule has 42 nitrogen and oxygen atoms in total. The first kappa shape index (κ1) is 85.2. The van der Waals surface area contributed by atoms with Crippen LogP contribution in [0.3, 0.4) is 0 Å². The molecular formula is C70H76N24O18S2-2. The zero-order chi connectivity index (χ0) is 83.1. The van der Waals surface area contributed by atoms with Crippen LogP contribution >= 0.6 is 0 Å². The van der Waals surface area contributed by atoms with Gasteiger partial charge in [-0.15, -0.1) is 0 Å². The summed E-state index contributed by atoms with van der Waals surface area (Å²) in [6.45, 7) is -1.56. The van der Waals surface area contributed by atoms with Crippen molar-refractivity contribution >= 4 is 125 Å². The maximum Gasteiger partial charge on any atom is 0.295 e. The lowest BCUT2D eigenvalue weighted by molar-refractivity contribution is -0.220. The largest absolute Gasteiger partial charge is 0.862 e. The first-order chi connectivity index (χ1) is 53.9. The van der Waals surface area contributed by atoms with Gasteiger partial charge in [-0.05, 0) is 122 Å². The third kappa shape index (κ3) is 25.9. The van der Waals surface area contributed by atoms with Crippen LogP contribution in [0.1, 0.15) is 92.8 Å². The minimum absolute atomic E-state index is 0.0104. The van der Waals surface area contributed by atoms with Gasteiger partial charge in [0.2, 0.25) is 33.7 Å². The first-order valence-electron chi connectivity index (χ1n) is 34.0. The number of rotatable bonds is 37. The van der Waals surface area contributed by atoms with Gasteiger partial charge in [-0.1, -0.05) is 36.4 Å². The fraction of sp³-hybridized carbons (Fsp3) is 0.229. The highest BCUT2D eigenvalue weighted by molar-refractivity contribution is 7.86. The van der Waals surface area contributed by atoms with Gasteiger partial charge >= 0.3 is 0 Å². The van der Waals surface area contributed by atoms with E-state index in [1.807, 2.05) is 0 Å². The molecule has 8 aromatic rings. The average Bonchev–Trinajstić information content (AvgIpc) is 0.768. The van der Waals surface area contributed by atoms with E-state index in [1.54, 1.807) is 0 Å². The van der Waals surface area contributed by atoms with Crippen LogP contribution in [-0.4, -0.2) is 229 Å². The van der Waals surface area contributed by atoms with E-state index >= 15 is 0 Å². The minimum Gasteiger partial charge on any atom is -0.862 e. The van der Waals surface area contributed by atoms with Gasteiger partial charge in [-0.2, -0.15) is 16.8 Å². The maximum absolute atomic E-state index is 13.9. The number of hydrogen-bond acceptors (Lipinski definition) is 24. The van der Waals surface area contributed by atoms with E-state index in [0.29, 0.717) is 0 Å². The highest BCUT2D eigenvalue weighted by atomic mass is 32.2. The molecule has 0 aliphatic rings. The van der Waals surface area contributed by atoms with Crippen molar-refractivity contribution in [2.45, 2.75) is 61.2 Å². The van der Waals surface area contributed by atoms with Crippen LogP contribution < -0.4 is 43.9 Å². The molecule has 0 spiro atoms. The molecule has 0 saturated heterocycles. The number of amides is 4. The van der Waals surface area contributed by atoms with E-state index in [2.05, 4.69) is 59.9 Å². The lowest BCUT2D eigenvalue weighted by atomic mass is 10.0. The van der Waals surface area contributed by atoms with E-state index in [1.165, 1.54) is 124 Å². The molecule has 2 heterocycles. The predicted octanol–water partition coefficient (Wildman–Crippen LogP) is 3.99. The molecule has 2 aromatic heterocycles. The number of aromatic nitrogens is 6. The van der Waals surface area contributed by atoms with Crippen molar-refractivity contribution in [3.63, 3.8) is 0 Å². The van der Waals surface area contributed by atoms with Crippen LogP contribution in [0.5, 0.6) is 0 Å². The number of hydrogen-bond donors (Lipinski definition) is 22. The van der Waals surface area contributed by atoms with Crippen molar-refractivity contribution < 1.29 is 86.0 Å². The second kappa shape index (κ2) is 38.8. The van der Waals surface area contributed by atoms with Crippen LogP contribution in [0.15, 0.2) is 173 Å². The van der Waals surface area contributed by atoms with Gasteiger partial charge in [0.05, 0.1) is 34.1 Å². The van der Waals surface area contributed by atoms with Crippen molar-refractivity contribution in [3.05, 3.63) is 189 Å². The first-order valence-corrected chi connectivity index (χ1v) is 36.8. The van der Waals surface area contributed by atoms with E-state index in [0.717, 1.165) is 29.2 Å². The average molecular weight is 1610 g/mol. The maximum atomic E-state index is 13.9. The third-order valence-corrected chi connectivity index (χ3v) is 17.9. The molecule has 0 saturated carbocycles. The molecule has 4 amide bonds. The number of aliphatic hydroxyl groups is 6. The molecule has 22 N–H and O–H groups in total. The molecule has 0 aliphatic heterocycles. The van der Waals surface area contributed by atoms with Gasteiger partial charge in [0.15, 0.2) is 35.4 Å². The lowest BCUT2D eigenvalue weighted by Crippen LogP contribution is -2.37. The fourth-order valence-electron chi connectivity index (χ4n) is 10.7. The summed E-state index contributed by atoms with van der Waals surface area (Å²) in [5, 5.41) is 141. The second-order valence-corrected chi connectivity index (χ2v) is 27.5. The summed E-state index contributed by atoms with van der Waals surface area (Å²) in [7, 11) is -10.8. The Morgan fingerprint density at radius 3 is 0.684 bits per heavy atom. The highest BCUT2D eigenvalue weighted by Gasteiger charge is 2.26. The number of carbonyl (C=O) groups excluding carboxylic acids is 4. The Hall–Kier alpha value is -14.4. The summed E-state index contributed by atoms with van der Waals surface area (Å²) in [4.78, 5) is 103. The number of aliphatic hydroxyl groups excluding tert-OH is 6. The van der Waals surface area contributed by atoms with Gasteiger partial charge in [-0.25, -0.2) is 30.0 Å². The zero-order valence-corrected chi connectivity index (χ0v) is 61.6. The molecule has 0 aliphatic carbocycles. The summed E-state index contributed by atoms with van der Waals surface area (Å²) in [6.07, 6.45) is -2.30. The van der Waals surface area contributed by atoms with E-state index < -0.39 is 112 Å². The Bertz CT molecular complexity index is 5140. The molecule has 0 fully saturated rings. The number of carbonyl (C=O) groups is 4. The van der Waals surface area contributed by atoms with Crippen LogP contribution in [0.25, 0.3) is 11.1 Å². The summed E-state index contributed by atoms with van der Waals surface area (Å²) >= 11 is 0. The Morgan fingerprint density at radius 1 is 0.307 bits per heavy atom. The number of H-pyrrole nitrogens is 6. The molecule has 0 unspecified atom stereocenters. The van der Waals surface area contributed by atoms with Crippen molar-refractivity contribution in [3.8, 4) is 11.1 Å². The minimum atomic E-state index is -5.42. The Balaban J connectivity index is 1.27. The smallest absolute Gasteiger partial charge is 0.295 e. The molecule has 6 aromatic carbocycles. The molecule has 0 atom stereocenters. The highest BCUT2D eigenvalue weighted by Crippen LogP contribution is 2.37. The Labute approximate surface area is 645 Å². The number of nitrogens with zero attached hydrogens (tertiary/aromatic N) is 10. The van der Waals surface area contributed by atoms with Gasteiger partial charge in [0, 0.05) is 124 Å². The van der Waals surface area contributed by atoms with Crippen molar-refractivity contribution in [1.82, 2.24) is 49.5 Å². The number of aromatic amines is 6. The summed E-state index contributed by atoms with van der Waals surface area (Å²) in [6, 6.07) is 28.9. The standard InChI is InChI=1S/C70H78N24O18S2/c71-53(95)17-25-91(26-18-54(72)96)61(103)39-5-1-9-43(33-39)79-65-85-66(80-44-10-2-6-40(34-44)62(104)92(27-19-55(73)97)28-20-56(74)98)88-69(87-65)83-47-13-15-49(51(37-47)113(107,108)109)50-16-14-48(38-52(50)114(110,111)112)84-70-89-67(81-45-11-3-7-41(35-45)63(105)93(29-21-57(75)99)30-22-58(76)100)86-68(90-70)82-46-12-4-8-42(36-46)64(106)94(31-23-59(77)101)32-24-60(78)102/h1-16,33-38H,17-32H2,(H2,71,95)(H2,72,96)(H2,73,97)(H2,74,98)(H2,75,99)(H2,76,100)(H2,77,101)(H2,78,102)(H,107,108,109)(H,110,111,112)(H3,79,80,83,85,87,88)(H3,81,82,84,86,89,90)/p-2. The zero-order valence-electron chi connectivity index (χ0n) is 60.0. The van der Waals surface area contributed by atoms with Crippen LogP contribution in [0.2, 0.25) is 0 Å². The fourth-order valence-corrected chi connectivity index (χ4v) is 12.2. The third-order valence-electron chi connectivity index (χ3n) is 16.1. The summed E-state index contributed by atoms with van der Waals surface area (Å²) in [5.41, 5.74) is -2.64. The van der Waals surface area contributed by atoms with Gasteiger partial charge in [0.1, 0.15) is 9.79 Å². The summed E-state index contributed by atoms with van der Waals surface area (Å²) in [5.74, 6) is -8.98. The topological polar surface area (TPSA) is 717 Å². The van der Waals surface area contributed by atoms with Crippen LogP contribution in [0.4, 0.5) is 34.1 Å². The predicted molar refractivity (Wildman–Crippen MR) is 406 cm³/mol. The SMILES string of the molecule is N=C([O-])CCN(CCC(=N)[O-])C(=O)c1cccc(N=c2[nH]c(=Nc3cccc(C(=O)N(CCC(=N)O)CCC(=N)O)c3)[nH]c(=Nc3ccc(-c4ccc(N=c5[nH]c(=Nc6cccc(C(=O)N(CCC(=N)O)CCC(=N)O)c6)[nH]c(=Nc6cccc(C(=O)N(CCC(=N)O)CCC(=N)O)c6)[nH]5)cc4S(=O)(=O)O)c(S(=O)(=O)O)c3)[nH]2)c1. The molecular weight excluding hydrogens is 1530 g/mol. The second-order valence-electron chi connectivity index (χ2n) is 24.7. The van der Waals surface area contributed by atoms with Gasteiger partial charge < -0.3 is 71.3 Å². The van der Waals surface area contributed by atoms with Crippen molar-refractivity contribution in [2.24, 2.45) is 30.0 Å². The van der Waals surface area contributed by atoms with Crippen molar-refractivity contribution in [2.75, 3.05) is 52.4 Å². The molecule has 44 heteroatoms. The Morgan fingerprint density at radius 2 is 0.500 bits per heavy atom. The van der Waals surface area contributed by atoms with E-state index in [-0.39, 0.29) is 194 Å². The molecule has 0 radical (unpaired) electrons. The monoisotopic (exact) mass is 1600 g/mol. The summed E-state index contributed by atoms with van der Waals surface area (Å²) < 4.78 is 76.1. The van der Waals surface area contributed by atoms with E-state index in [4.69, 9.17) is 43.3 Å². The van der Waals surface area contributed by atoms with E-state index in [9.17, 15) is 86.0 Å². The number of benzene rings is 6. The molecule has 598 valence electrons. The van der Waals surface area contributed by atoms with Gasteiger partial charge in [-0.3, -0.25) is 90.6 Å². The van der Waals surface area contributed by atoms with Gasteiger partial charge in [0.25, 0.3) is 43.9 Å². The quantitative estimate of drug-likeness (QED) is 0.0149. The molecule has 8 rings (SSSR count). The van der Waals surface area contributed by atoms with Crippen molar-refractivity contribution in [1.29, 1.82) is 43.3 Å². The van der Waals surface area contributed by atoms with Crippen LogP contribution in [-0.2, 0) is 20.2 Å². The van der Waals surface area contributed by atoms with Crippen LogP contribution in [0, 0.1) is 43.3 Å². The normalized spacial score (nSPS) is 12.2. The number of nitrogens with one attached hydrogen (secondary N) is 14. The Kier molecular flexibility index (Phi) is 29.0. The lowest BCUT2D eigenvalue weighted by Gasteiger charge is -2.25. The molecule has 0 bridgehead atoms.